The van der Waals surface area contributed by atoms with Crippen LogP contribution in [0.25, 0.3) is 5.69 Å². The first-order valence-corrected chi connectivity index (χ1v) is 6.33. The van der Waals surface area contributed by atoms with E-state index in [1.54, 1.807) is 0 Å². The molecule has 100 valence electrons. The van der Waals surface area contributed by atoms with Crippen molar-refractivity contribution in [3.8, 4) is 5.69 Å². The average molecular weight is 280 g/mol. The topological polar surface area (TPSA) is 68.0 Å². The first kappa shape index (κ1) is 13.5. The molecule has 2 aromatic rings. The highest BCUT2D eigenvalue weighted by atomic mass is 35.5. The van der Waals surface area contributed by atoms with Gasteiger partial charge in [-0.3, -0.25) is 4.79 Å². The Labute approximate surface area is 115 Å². The Morgan fingerprint density at radius 2 is 2.21 bits per heavy atom. The second kappa shape index (κ2) is 5.40. The van der Waals surface area contributed by atoms with Gasteiger partial charge in [0.1, 0.15) is 0 Å². The Balaban J connectivity index is 2.62. The molecule has 0 atom stereocenters. The molecule has 0 aliphatic carbocycles. The Morgan fingerprint density at radius 1 is 1.47 bits per heavy atom. The number of nitrogens with zero attached hydrogens (tertiary/aromatic N) is 3. The number of benzene rings is 1. The SMILES string of the molecule is CCc1cccc(C)c1-n1nnc(Cl)c1CC(=O)O. The van der Waals surface area contributed by atoms with Crippen LogP contribution >= 0.6 is 11.6 Å². The molecule has 0 saturated heterocycles. The average Bonchev–Trinajstić information content (AvgIpc) is 2.70. The summed E-state index contributed by atoms with van der Waals surface area (Å²) in [7, 11) is 0. The van der Waals surface area contributed by atoms with Crippen LogP contribution in [-0.2, 0) is 17.6 Å². The first-order chi connectivity index (χ1) is 9.04. The number of carboxylic acids is 1. The van der Waals surface area contributed by atoms with Crippen molar-refractivity contribution in [2.75, 3.05) is 0 Å². The Morgan fingerprint density at radius 3 is 2.84 bits per heavy atom. The molecular formula is C13H14ClN3O2. The van der Waals surface area contributed by atoms with Crippen LogP contribution in [-0.4, -0.2) is 26.1 Å². The number of hydrogen-bond acceptors (Lipinski definition) is 3. The van der Waals surface area contributed by atoms with Crippen LogP contribution in [0.1, 0.15) is 23.7 Å². The number of aryl methyl sites for hydroxylation is 2. The molecule has 1 aromatic carbocycles. The Kier molecular flexibility index (Phi) is 3.85. The largest absolute Gasteiger partial charge is 0.481 e. The van der Waals surface area contributed by atoms with Gasteiger partial charge in [-0.25, -0.2) is 4.68 Å². The standard InChI is InChI=1S/C13H14ClN3O2/c1-3-9-6-4-5-8(2)12(9)17-10(7-11(18)19)13(14)15-16-17/h4-6H,3,7H2,1-2H3,(H,18,19). The molecule has 0 fully saturated rings. The van der Waals surface area contributed by atoms with Crippen molar-refractivity contribution in [1.29, 1.82) is 0 Å². The lowest BCUT2D eigenvalue weighted by molar-refractivity contribution is -0.136. The lowest BCUT2D eigenvalue weighted by atomic mass is 10.1. The summed E-state index contributed by atoms with van der Waals surface area (Å²) in [6, 6.07) is 5.91. The van der Waals surface area contributed by atoms with E-state index in [0.717, 1.165) is 23.2 Å². The lowest BCUT2D eigenvalue weighted by Gasteiger charge is -2.12. The number of carbonyl (C=O) groups is 1. The fraction of sp³-hybridized carbons (Fsp3) is 0.308. The van der Waals surface area contributed by atoms with Gasteiger partial charge in [-0.2, -0.15) is 0 Å². The normalized spacial score (nSPS) is 10.7. The highest BCUT2D eigenvalue weighted by molar-refractivity contribution is 6.30. The molecule has 0 aliphatic rings. The van der Waals surface area contributed by atoms with E-state index < -0.39 is 5.97 Å². The number of aliphatic carboxylic acids is 1. The van der Waals surface area contributed by atoms with Gasteiger partial charge in [-0.15, -0.1) is 5.10 Å². The van der Waals surface area contributed by atoms with Gasteiger partial charge in [-0.05, 0) is 24.5 Å². The van der Waals surface area contributed by atoms with Crippen molar-refractivity contribution in [3.63, 3.8) is 0 Å². The van der Waals surface area contributed by atoms with E-state index >= 15 is 0 Å². The van der Waals surface area contributed by atoms with E-state index in [4.69, 9.17) is 16.7 Å². The smallest absolute Gasteiger partial charge is 0.309 e. The van der Waals surface area contributed by atoms with Crippen LogP contribution in [0, 0.1) is 6.92 Å². The minimum Gasteiger partial charge on any atom is -0.481 e. The summed E-state index contributed by atoms with van der Waals surface area (Å²) in [5, 5.41) is 16.8. The van der Waals surface area contributed by atoms with E-state index in [9.17, 15) is 4.79 Å². The molecule has 0 amide bonds. The highest BCUT2D eigenvalue weighted by Gasteiger charge is 2.18. The van der Waals surface area contributed by atoms with Gasteiger partial charge in [0.25, 0.3) is 0 Å². The first-order valence-electron chi connectivity index (χ1n) is 5.95. The number of aromatic nitrogens is 3. The van der Waals surface area contributed by atoms with Crippen molar-refractivity contribution >= 4 is 17.6 Å². The van der Waals surface area contributed by atoms with Crippen LogP contribution < -0.4 is 0 Å². The maximum absolute atomic E-state index is 10.9. The maximum Gasteiger partial charge on any atom is 0.309 e. The fourth-order valence-corrected chi connectivity index (χ4v) is 2.24. The summed E-state index contributed by atoms with van der Waals surface area (Å²) >= 11 is 5.93. The molecule has 1 N–H and O–H groups in total. The summed E-state index contributed by atoms with van der Waals surface area (Å²) in [5.41, 5.74) is 3.35. The molecule has 0 unspecified atom stereocenters. The van der Waals surface area contributed by atoms with E-state index in [1.807, 2.05) is 32.0 Å². The van der Waals surface area contributed by atoms with Gasteiger partial charge in [0, 0.05) is 0 Å². The summed E-state index contributed by atoms with van der Waals surface area (Å²) in [6.07, 6.45) is 0.615. The molecule has 2 rings (SSSR count). The Hall–Kier alpha value is -1.88. The fourth-order valence-electron chi connectivity index (χ4n) is 2.06. The van der Waals surface area contributed by atoms with Gasteiger partial charge >= 0.3 is 5.97 Å². The monoisotopic (exact) mass is 279 g/mol. The molecule has 1 aromatic heterocycles. The molecule has 0 saturated carbocycles. The summed E-state index contributed by atoms with van der Waals surface area (Å²) in [4.78, 5) is 10.9. The van der Waals surface area contributed by atoms with Crippen LogP contribution in [0.3, 0.4) is 0 Å². The quantitative estimate of drug-likeness (QED) is 0.933. The minimum atomic E-state index is -0.961. The lowest BCUT2D eigenvalue weighted by Crippen LogP contribution is -2.11. The second-order valence-electron chi connectivity index (χ2n) is 4.25. The van der Waals surface area contributed by atoms with Crippen molar-refractivity contribution in [2.24, 2.45) is 0 Å². The summed E-state index contributed by atoms with van der Waals surface area (Å²) in [5.74, 6) is -0.961. The van der Waals surface area contributed by atoms with Crippen LogP contribution in [0.2, 0.25) is 5.15 Å². The molecule has 5 nitrogen and oxygen atoms in total. The molecule has 1 heterocycles. The molecule has 0 aliphatic heterocycles. The number of para-hydroxylation sites is 1. The van der Waals surface area contributed by atoms with E-state index in [-0.39, 0.29) is 11.6 Å². The van der Waals surface area contributed by atoms with Crippen molar-refractivity contribution < 1.29 is 9.90 Å². The molecule has 0 bridgehead atoms. The highest BCUT2D eigenvalue weighted by Crippen LogP contribution is 2.24. The number of rotatable bonds is 4. The van der Waals surface area contributed by atoms with Gasteiger partial charge in [0.15, 0.2) is 5.15 Å². The van der Waals surface area contributed by atoms with Crippen LogP contribution in [0.15, 0.2) is 18.2 Å². The van der Waals surface area contributed by atoms with E-state index in [0.29, 0.717) is 5.69 Å². The third kappa shape index (κ3) is 2.61. The van der Waals surface area contributed by atoms with Crippen LogP contribution in [0.4, 0.5) is 0 Å². The molecule has 6 heteroatoms. The maximum atomic E-state index is 10.9. The number of carboxylic acid groups (broad SMARTS) is 1. The summed E-state index contributed by atoms with van der Waals surface area (Å²) in [6.45, 7) is 3.99. The molecule has 0 spiro atoms. The van der Waals surface area contributed by atoms with Crippen molar-refractivity contribution in [3.05, 3.63) is 40.2 Å². The predicted molar refractivity (Wildman–Crippen MR) is 71.8 cm³/mol. The van der Waals surface area contributed by atoms with E-state index in [2.05, 4.69) is 10.3 Å². The predicted octanol–water partition coefficient (Wildman–Crippen LogP) is 2.42. The van der Waals surface area contributed by atoms with Gasteiger partial charge in [0.2, 0.25) is 0 Å². The van der Waals surface area contributed by atoms with Gasteiger partial charge < -0.3 is 5.11 Å². The summed E-state index contributed by atoms with van der Waals surface area (Å²) < 4.78 is 1.53. The Bertz CT molecular complexity index is 622. The minimum absolute atomic E-state index is 0.132. The third-order valence-corrected chi connectivity index (χ3v) is 3.24. The molecular weight excluding hydrogens is 266 g/mol. The molecule has 0 radical (unpaired) electrons. The van der Waals surface area contributed by atoms with Crippen LogP contribution in [0.5, 0.6) is 0 Å². The number of hydrogen-bond donors (Lipinski definition) is 1. The number of halogens is 1. The van der Waals surface area contributed by atoms with Crippen molar-refractivity contribution in [2.45, 2.75) is 26.7 Å². The van der Waals surface area contributed by atoms with Gasteiger partial charge in [-0.1, -0.05) is 41.9 Å². The molecule has 19 heavy (non-hydrogen) atoms. The zero-order chi connectivity index (χ0) is 14.0. The second-order valence-corrected chi connectivity index (χ2v) is 4.60. The van der Waals surface area contributed by atoms with E-state index in [1.165, 1.54) is 4.68 Å². The van der Waals surface area contributed by atoms with Gasteiger partial charge in [0.05, 0.1) is 17.8 Å². The third-order valence-electron chi connectivity index (χ3n) is 2.95. The zero-order valence-electron chi connectivity index (χ0n) is 10.7. The zero-order valence-corrected chi connectivity index (χ0v) is 11.5. The van der Waals surface area contributed by atoms with Crippen molar-refractivity contribution in [1.82, 2.24) is 15.0 Å².